The van der Waals surface area contributed by atoms with Gasteiger partial charge in [-0.3, -0.25) is 4.68 Å². The molecule has 0 amide bonds. The summed E-state index contributed by atoms with van der Waals surface area (Å²) in [5.74, 6) is 1.30. The lowest BCUT2D eigenvalue weighted by Crippen LogP contribution is -2.07. The van der Waals surface area contributed by atoms with Crippen molar-refractivity contribution in [2.24, 2.45) is 12.5 Å². The molecule has 0 radical (unpaired) electrons. The zero-order valence-electron chi connectivity index (χ0n) is 18.8. The van der Waals surface area contributed by atoms with Crippen LogP contribution in [-0.4, -0.2) is 44.2 Å². The Morgan fingerprint density at radius 3 is 2.50 bits per heavy atom. The third-order valence-electron chi connectivity index (χ3n) is 5.12. The number of furan rings is 1. The maximum absolute atomic E-state index is 12.0. The Morgan fingerprint density at radius 2 is 1.88 bits per heavy atom. The average Bonchev–Trinajstić information content (AvgIpc) is 3.36. The molecule has 0 aliphatic heterocycles. The number of pyridine rings is 1. The van der Waals surface area contributed by atoms with E-state index in [1.165, 1.54) is 12.3 Å². The summed E-state index contributed by atoms with van der Waals surface area (Å²) in [7, 11) is -1.63. The number of fused-ring (bicyclic) bond motifs is 1. The summed E-state index contributed by atoms with van der Waals surface area (Å²) in [6, 6.07) is 3.16. The number of nitrogens with zero attached hydrogens (tertiary/aromatic N) is 6. The number of halogens is 1. The first-order valence-corrected chi connectivity index (χ1v) is 12.4. The molecule has 32 heavy (non-hydrogen) atoms. The van der Waals surface area contributed by atoms with Crippen molar-refractivity contribution in [1.29, 1.82) is 0 Å². The molecule has 0 saturated carbocycles. The predicted molar refractivity (Wildman–Crippen MR) is 122 cm³/mol. The highest BCUT2D eigenvalue weighted by atomic mass is 35.5. The minimum atomic E-state index is -3.43. The maximum atomic E-state index is 12.0. The van der Waals surface area contributed by atoms with E-state index < -0.39 is 9.84 Å². The summed E-state index contributed by atoms with van der Waals surface area (Å²) >= 11 is 6.33. The van der Waals surface area contributed by atoms with Crippen LogP contribution in [0.4, 0.5) is 0 Å². The lowest BCUT2D eigenvalue weighted by molar-refractivity contribution is 0.374. The molecule has 11 heteroatoms. The van der Waals surface area contributed by atoms with Crippen molar-refractivity contribution >= 4 is 32.5 Å². The molecule has 0 unspecified atom stereocenters. The Balaban J connectivity index is 1.94. The molecule has 4 rings (SSSR count). The summed E-state index contributed by atoms with van der Waals surface area (Å²) in [5.41, 5.74) is 2.12. The molecule has 4 aromatic heterocycles. The van der Waals surface area contributed by atoms with Crippen molar-refractivity contribution in [3.63, 3.8) is 0 Å². The quantitative estimate of drug-likeness (QED) is 0.398. The smallest absolute Gasteiger partial charge is 0.199 e. The molecule has 4 heterocycles. The second-order valence-corrected chi connectivity index (χ2v) is 11.5. The summed E-state index contributed by atoms with van der Waals surface area (Å²) in [4.78, 5) is 9.18. The van der Waals surface area contributed by atoms with Crippen LogP contribution >= 0.6 is 11.6 Å². The first kappa shape index (κ1) is 22.5. The minimum absolute atomic E-state index is 0.0776. The monoisotopic (exact) mass is 476 g/mol. The van der Waals surface area contributed by atoms with Crippen molar-refractivity contribution in [3.05, 3.63) is 35.1 Å². The fourth-order valence-corrected chi connectivity index (χ4v) is 4.19. The summed E-state index contributed by atoms with van der Waals surface area (Å²) in [6.45, 7) is 8.34. The Labute approximate surface area is 191 Å². The van der Waals surface area contributed by atoms with Crippen LogP contribution in [0.3, 0.4) is 0 Å². The molecule has 0 fully saturated rings. The van der Waals surface area contributed by atoms with Crippen LogP contribution in [0.1, 0.15) is 38.7 Å². The van der Waals surface area contributed by atoms with Crippen LogP contribution in [0, 0.1) is 12.3 Å². The van der Waals surface area contributed by atoms with Crippen LogP contribution in [0.25, 0.3) is 28.3 Å². The largest absolute Gasteiger partial charge is 0.460 e. The standard InChI is InChI=1S/C21H25ClN6O3S/c1-12-18-14(10-16(22)23-20(18)27(5)25-12)28-19(15-9-13(11-31-15)32(6,29)30)24-17(26-28)7-8-21(2,3)4/h9-11H,7-8H2,1-6H3. The fourth-order valence-electron chi connectivity index (χ4n) is 3.46. The van der Waals surface area contributed by atoms with Crippen molar-refractivity contribution in [3.8, 4) is 17.3 Å². The number of sulfone groups is 1. The highest BCUT2D eigenvalue weighted by Crippen LogP contribution is 2.32. The second-order valence-electron chi connectivity index (χ2n) is 9.11. The maximum Gasteiger partial charge on any atom is 0.199 e. The van der Waals surface area contributed by atoms with E-state index in [0.717, 1.165) is 23.8 Å². The molecule has 0 atom stereocenters. The first-order chi connectivity index (χ1) is 14.8. The summed E-state index contributed by atoms with van der Waals surface area (Å²) in [6.07, 6.45) is 3.87. The van der Waals surface area contributed by atoms with Crippen LogP contribution in [0.15, 0.2) is 27.7 Å². The van der Waals surface area contributed by atoms with Gasteiger partial charge in [0.05, 0.1) is 16.8 Å². The van der Waals surface area contributed by atoms with E-state index in [1.807, 2.05) is 6.92 Å². The number of hydrogen-bond acceptors (Lipinski definition) is 7. The van der Waals surface area contributed by atoms with Gasteiger partial charge in [0.25, 0.3) is 0 Å². The molecule has 0 aliphatic carbocycles. The van der Waals surface area contributed by atoms with E-state index in [1.54, 1.807) is 22.5 Å². The number of aromatic nitrogens is 6. The van der Waals surface area contributed by atoms with Gasteiger partial charge in [-0.1, -0.05) is 32.4 Å². The van der Waals surface area contributed by atoms with Gasteiger partial charge in [0, 0.05) is 31.9 Å². The van der Waals surface area contributed by atoms with Crippen molar-refractivity contribution < 1.29 is 12.8 Å². The van der Waals surface area contributed by atoms with Crippen molar-refractivity contribution in [2.75, 3.05) is 6.26 Å². The Morgan fingerprint density at radius 1 is 1.16 bits per heavy atom. The first-order valence-electron chi connectivity index (χ1n) is 10.1. The predicted octanol–water partition coefficient (Wildman–Crippen LogP) is 4.15. The normalized spacial score (nSPS) is 12.7. The summed E-state index contributed by atoms with van der Waals surface area (Å²) < 4.78 is 32.9. The van der Waals surface area contributed by atoms with Gasteiger partial charge in [-0.2, -0.15) is 10.2 Å². The van der Waals surface area contributed by atoms with E-state index in [2.05, 4.69) is 30.9 Å². The molecule has 0 saturated heterocycles. The highest BCUT2D eigenvalue weighted by molar-refractivity contribution is 7.90. The second kappa shape index (κ2) is 7.70. The summed E-state index contributed by atoms with van der Waals surface area (Å²) in [5, 5.41) is 10.3. The fraction of sp³-hybridized carbons (Fsp3) is 0.429. The van der Waals surface area contributed by atoms with E-state index in [-0.39, 0.29) is 15.5 Å². The third kappa shape index (κ3) is 4.29. The molecule has 0 spiro atoms. The molecule has 0 N–H and O–H groups in total. The van der Waals surface area contributed by atoms with Crippen molar-refractivity contribution in [2.45, 2.75) is 45.4 Å². The zero-order chi connectivity index (χ0) is 23.4. The third-order valence-corrected chi connectivity index (χ3v) is 6.38. The lowest BCUT2D eigenvalue weighted by atomic mass is 9.90. The number of rotatable bonds is 5. The van der Waals surface area contributed by atoms with Crippen LogP contribution in [0.5, 0.6) is 0 Å². The van der Waals surface area contributed by atoms with Gasteiger partial charge in [0.2, 0.25) is 0 Å². The van der Waals surface area contributed by atoms with Gasteiger partial charge in [-0.25, -0.2) is 23.1 Å². The van der Waals surface area contributed by atoms with Gasteiger partial charge in [0.1, 0.15) is 16.3 Å². The minimum Gasteiger partial charge on any atom is -0.460 e. The van der Waals surface area contributed by atoms with Crippen LogP contribution in [-0.2, 0) is 23.3 Å². The molecule has 0 aliphatic rings. The van der Waals surface area contributed by atoms with E-state index in [9.17, 15) is 8.42 Å². The van der Waals surface area contributed by atoms with Gasteiger partial charge < -0.3 is 4.42 Å². The topological polar surface area (TPSA) is 109 Å². The van der Waals surface area contributed by atoms with E-state index in [0.29, 0.717) is 35.2 Å². The number of aryl methyl sites for hydroxylation is 3. The molecular weight excluding hydrogens is 452 g/mol. The highest BCUT2D eigenvalue weighted by Gasteiger charge is 2.24. The molecular formula is C21H25ClN6O3S. The van der Waals surface area contributed by atoms with E-state index >= 15 is 0 Å². The lowest BCUT2D eigenvalue weighted by Gasteiger charge is -2.16. The van der Waals surface area contributed by atoms with Crippen molar-refractivity contribution in [1.82, 2.24) is 29.5 Å². The number of hydrogen-bond donors (Lipinski definition) is 0. The molecule has 4 aromatic rings. The average molecular weight is 477 g/mol. The zero-order valence-corrected chi connectivity index (χ0v) is 20.4. The SMILES string of the molecule is Cc1nn(C)c2nc(Cl)cc(-n3nc(CCC(C)(C)C)nc3-c3cc(S(C)(=O)=O)co3)c12. The Kier molecular flexibility index (Phi) is 5.41. The Bertz CT molecular complexity index is 1430. The van der Waals surface area contributed by atoms with Crippen LogP contribution < -0.4 is 0 Å². The van der Waals surface area contributed by atoms with Gasteiger partial charge >= 0.3 is 0 Å². The Hall–Kier alpha value is -2.72. The van der Waals surface area contributed by atoms with Gasteiger partial charge in [-0.05, 0) is 18.8 Å². The van der Waals surface area contributed by atoms with Gasteiger partial charge in [-0.15, -0.1) is 0 Å². The van der Waals surface area contributed by atoms with E-state index in [4.69, 9.17) is 26.1 Å². The van der Waals surface area contributed by atoms with Gasteiger partial charge in [0.15, 0.2) is 32.9 Å². The van der Waals surface area contributed by atoms with Crippen LogP contribution in [0.2, 0.25) is 5.15 Å². The molecule has 0 bridgehead atoms. The molecule has 9 nitrogen and oxygen atoms in total. The molecule has 170 valence electrons. The molecule has 0 aromatic carbocycles.